The van der Waals surface area contributed by atoms with Crippen LogP contribution in [0, 0.1) is 6.92 Å². The molecule has 1 aromatic carbocycles. The number of aryl methyl sites for hydroxylation is 1. The van der Waals surface area contributed by atoms with Crippen molar-refractivity contribution in [2.75, 3.05) is 13.2 Å². The van der Waals surface area contributed by atoms with Crippen LogP contribution in [0.25, 0.3) is 6.08 Å². The van der Waals surface area contributed by atoms with E-state index in [9.17, 15) is 4.79 Å². The molecule has 0 aliphatic heterocycles. The van der Waals surface area contributed by atoms with Crippen molar-refractivity contribution in [3.05, 3.63) is 72.0 Å². The van der Waals surface area contributed by atoms with Gasteiger partial charge in [-0.05, 0) is 98.7 Å². The van der Waals surface area contributed by atoms with Crippen LogP contribution in [-0.2, 0) is 9.53 Å². The van der Waals surface area contributed by atoms with Gasteiger partial charge in [0.2, 0.25) is 0 Å². The normalized spacial score (nSPS) is 10.2. The summed E-state index contributed by atoms with van der Waals surface area (Å²) in [6.07, 6.45) is 11.2. The largest absolute Gasteiger partial charge is 0.490 e. The third-order valence-electron chi connectivity index (χ3n) is 4.28. The molecule has 0 unspecified atom stereocenters. The molecule has 2 rings (SSSR count). The molecule has 0 spiro atoms. The van der Waals surface area contributed by atoms with Crippen molar-refractivity contribution in [3.63, 3.8) is 0 Å². The highest BCUT2D eigenvalue weighted by Crippen LogP contribution is 2.23. The molecule has 0 bridgehead atoms. The number of carbonyl (C=O) groups is 1. The van der Waals surface area contributed by atoms with Gasteiger partial charge in [0.25, 0.3) is 0 Å². The van der Waals surface area contributed by atoms with E-state index in [0.717, 1.165) is 11.5 Å². The zero-order valence-electron chi connectivity index (χ0n) is 24.2. The van der Waals surface area contributed by atoms with Crippen LogP contribution in [0.15, 0.2) is 65.0 Å². The second-order valence-corrected chi connectivity index (χ2v) is 7.84. The Kier molecular flexibility index (Phi) is 20.4. The molecule has 6 heteroatoms. The lowest BCUT2D eigenvalue weighted by Crippen LogP contribution is -2.39. The van der Waals surface area contributed by atoms with Crippen LogP contribution in [0.5, 0.6) is 11.5 Å². The second kappa shape index (κ2) is 21.0. The number of rotatable bonds is 8. The third-order valence-corrected chi connectivity index (χ3v) is 4.28. The molecule has 0 atom stereocenters. The van der Waals surface area contributed by atoms with Crippen LogP contribution >= 0.6 is 0 Å². The Labute approximate surface area is 219 Å². The molecule has 36 heavy (non-hydrogen) atoms. The number of carbonyl (C=O) groups excluding carboxylic acids is 1. The van der Waals surface area contributed by atoms with Crippen molar-refractivity contribution in [3.8, 4) is 11.5 Å². The molecule has 0 fully saturated rings. The molecule has 1 aromatic heterocycles. The fraction of sp³-hybridized carbons (Fsp3) is 0.467. The molecule has 0 radical (unpaired) electrons. The van der Waals surface area contributed by atoms with Crippen LogP contribution in [0.2, 0.25) is 0 Å². The van der Waals surface area contributed by atoms with E-state index >= 15 is 0 Å². The summed E-state index contributed by atoms with van der Waals surface area (Å²) in [5, 5.41) is 0. The molecule has 202 valence electrons. The summed E-state index contributed by atoms with van der Waals surface area (Å²) in [7, 11) is 0. The molecule has 0 aliphatic carbocycles. The lowest BCUT2D eigenvalue weighted by atomic mass is 10.1. The van der Waals surface area contributed by atoms with Gasteiger partial charge in [-0.15, -0.1) is 0 Å². The van der Waals surface area contributed by atoms with E-state index in [2.05, 4.69) is 24.9 Å². The molecule has 0 amide bonds. The van der Waals surface area contributed by atoms with Crippen molar-refractivity contribution in [2.24, 2.45) is 0 Å². The highest BCUT2D eigenvalue weighted by atomic mass is 16.6. The SMILES string of the molecule is C/C=C\C.CC.CC=C(C)C.CCOC(=O)C(C)(C)Oc1ccc(OC/C=C/c2ncoc2C)cc1. The Morgan fingerprint density at radius 1 is 1.03 bits per heavy atom. The summed E-state index contributed by atoms with van der Waals surface area (Å²) in [5.41, 5.74) is 1.12. The highest BCUT2D eigenvalue weighted by molar-refractivity contribution is 5.79. The molecule has 0 N–H and O–H groups in total. The first-order valence-electron chi connectivity index (χ1n) is 12.4. The topological polar surface area (TPSA) is 70.8 Å². The summed E-state index contributed by atoms with van der Waals surface area (Å²) in [6, 6.07) is 7.07. The number of allylic oxidation sites excluding steroid dienone is 4. The number of nitrogens with zero attached hydrogens (tertiary/aromatic N) is 1. The van der Waals surface area contributed by atoms with Crippen molar-refractivity contribution < 1.29 is 23.4 Å². The lowest BCUT2D eigenvalue weighted by molar-refractivity contribution is -0.158. The fourth-order valence-corrected chi connectivity index (χ4v) is 2.02. The van der Waals surface area contributed by atoms with E-state index in [1.54, 1.807) is 45.0 Å². The van der Waals surface area contributed by atoms with E-state index in [1.165, 1.54) is 12.0 Å². The van der Waals surface area contributed by atoms with Crippen molar-refractivity contribution in [1.29, 1.82) is 0 Å². The Morgan fingerprint density at radius 2 is 1.56 bits per heavy atom. The minimum Gasteiger partial charge on any atom is -0.490 e. The van der Waals surface area contributed by atoms with Gasteiger partial charge in [0.05, 0.1) is 6.61 Å². The lowest BCUT2D eigenvalue weighted by Gasteiger charge is -2.24. The van der Waals surface area contributed by atoms with E-state index in [-0.39, 0.29) is 0 Å². The first-order chi connectivity index (χ1) is 17.1. The highest BCUT2D eigenvalue weighted by Gasteiger charge is 2.31. The van der Waals surface area contributed by atoms with E-state index in [0.29, 0.717) is 24.7 Å². The minimum absolute atomic E-state index is 0.319. The van der Waals surface area contributed by atoms with Gasteiger partial charge in [0.1, 0.15) is 29.6 Å². The molecule has 0 saturated heterocycles. The summed E-state index contributed by atoms with van der Waals surface area (Å²) in [4.78, 5) is 15.9. The predicted octanol–water partition coefficient (Wildman–Crippen LogP) is 8.38. The molecular weight excluding hydrogens is 454 g/mol. The first kappa shape index (κ1) is 34.9. The number of oxazole rings is 1. The molecular formula is C30H47NO5. The number of esters is 1. The van der Waals surface area contributed by atoms with Crippen LogP contribution in [-0.4, -0.2) is 29.8 Å². The number of ether oxygens (including phenoxy) is 3. The Bertz CT molecular complexity index is 898. The minimum atomic E-state index is -1.05. The van der Waals surface area contributed by atoms with Gasteiger partial charge in [-0.2, -0.15) is 0 Å². The standard InChI is InChI=1S/C19H23NO5.C5H10.C4H8.C2H6/c1-5-22-18(21)19(3,4)25-16-10-8-15(9-11-16)23-12-6-7-17-14(2)24-13-20-17;1-4-5(2)3;1-3-4-2;1-2/h6-11,13H,5,12H2,1-4H3;4H,1-3H3;3-4H,1-2H3;1-2H3/b7-6+;;4-3-;. The summed E-state index contributed by atoms with van der Waals surface area (Å²) >= 11 is 0. The zero-order valence-corrected chi connectivity index (χ0v) is 24.2. The number of aromatic nitrogens is 1. The average Bonchev–Trinajstić information content (AvgIpc) is 3.29. The van der Waals surface area contributed by atoms with Gasteiger partial charge in [-0.25, -0.2) is 9.78 Å². The maximum Gasteiger partial charge on any atom is 0.349 e. The summed E-state index contributed by atoms with van der Waals surface area (Å²) < 4.78 is 21.4. The maximum absolute atomic E-state index is 11.8. The van der Waals surface area contributed by atoms with Crippen LogP contribution in [0.3, 0.4) is 0 Å². The molecule has 0 aliphatic rings. The predicted molar refractivity (Wildman–Crippen MR) is 150 cm³/mol. The maximum atomic E-state index is 11.8. The number of hydrogen-bond acceptors (Lipinski definition) is 6. The number of benzene rings is 1. The third kappa shape index (κ3) is 16.4. The van der Waals surface area contributed by atoms with Crippen LogP contribution in [0.4, 0.5) is 0 Å². The molecule has 1 heterocycles. The van der Waals surface area contributed by atoms with Crippen molar-refractivity contribution in [2.45, 2.75) is 81.8 Å². The van der Waals surface area contributed by atoms with Gasteiger partial charge in [0.15, 0.2) is 12.0 Å². The summed E-state index contributed by atoms with van der Waals surface area (Å²) in [6.45, 7) is 21.9. The first-order valence-corrected chi connectivity index (χ1v) is 12.4. The van der Waals surface area contributed by atoms with Gasteiger partial charge in [-0.1, -0.05) is 37.6 Å². The average molecular weight is 502 g/mol. The fourth-order valence-electron chi connectivity index (χ4n) is 2.02. The smallest absolute Gasteiger partial charge is 0.349 e. The number of hydrogen-bond donors (Lipinski definition) is 0. The molecule has 2 aromatic rings. The second-order valence-electron chi connectivity index (χ2n) is 7.84. The molecule has 6 nitrogen and oxygen atoms in total. The van der Waals surface area contributed by atoms with E-state index < -0.39 is 11.6 Å². The monoisotopic (exact) mass is 501 g/mol. The molecule has 0 saturated carbocycles. The Balaban J connectivity index is 0. The van der Waals surface area contributed by atoms with E-state index in [4.69, 9.17) is 18.6 Å². The van der Waals surface area contributed by atoms with Gasteiger partial charge >= 0.3 is 5.97 Å². The summed E-state index contributed by atoms with van der Waals surface area (Å²) in [5.74, 6) is 1.63. The van der Waals surface area contributed by atoms with Crippen molar-refractivity contribution >= 4 is 12.0 Å². The van der Waals surface area contributed by atoms with Gasteiger partial charge in [0, 0.05) is 0 Å². The zero-order chi connectivity index (χ0) is 28.0. The van der Waals surface area contributed by atoms with E-state index in [1.807, 2.05) is 65.8 Å². The Hall–Kier alpha value is -3.28. The Morgan fingerprint density at radius 3 is 1.97 bits per heavy atom. The quantitative estimate of drug-likeness (QED) is 0.267. The van der Waals surface area contributed by atoms with Crippen LogP contribution < -0.4 is 9.47 Å². The van der Waals surface area contributed by atoms with Crippen molar-refractivity contribution in [1.82, 2.24) is 4.98 Å². The van der Waals surface area contributed by atoms with Gasteiger partial charge in [-0.3, -0.25) is 0 Å². The van der Waals surface area contributed by atoms with Crippen LogP contribution in [0.1, 0.15) is 80.7 Å². The van der Waals surface area contributed by atoms with Gasteiger partial charge < -0.3 is 18.6 Å².